The molecule has 0 amide bonds. The van der Waals surface area contributed by atoms with Gasteiger partial charge in [-0.3, -0.25) is 14.3 Å². The van der Waals surface area contributed by atoms with Gasteiger partial charge in [0.05, 0.1) is 6.04 Å². The quantitative estimate of drug-likeness (QED) is 0.754. The molecule has 0 spiro atoms. The van der Waals surface area contributed by atoms with E-state index in [2.05, 4.69) is 11.9 Å². The van der Waals surface area contributed by atoms with Crippen LogP contribution in [-0.2, 0) is 0 Å². The molecule has 1 aromatic rings. The van der Waals surface area contributed by atoms with Crippen LogP contribution in [0.2, 0.25) is 0 Å². The van der Waals surface area contributed by atoms with Gasteiger partial charge in [-0.2, -0.15) is 0 Å². The fraction of sp³-hybridized carbons (Fsp3) is 0.538. The van der Waals surface area contributed by atoms with Crippen molar-refractivity contribution < 1.29 is 5.11 Å². The molecular weight excluding hydrogens is 232 g/mol. The summed E-state index contributed by atoms with van der Waals surface area (Å²) in [5.41, 5.74) is -0.188. The summed E-state index contributed by atoms with van der Waals surface area (Å²) in [5.74, 6) is 0.463. The van der Waals surface area contributed by atoms with E-state index in [1.54, 1.807) is 17.7 Å². The average Bonchev–Trinajstić information content (AvgIpc) is 2.33. The number of aromatic amines is 1. The first-order valence-corrected chi connectivity index (χ1v) is 6.14. The number of hydrogen-bond donors (Lipinski definition) is 2. The van der Waals surface area contributed by atoms with E-state index in [-0.39, 0.29) is 29.8 Å². The van der Waals surface area contributed by atoms with Crippen molar-refractivity contribution in [3.63, 3.8) is 0 Å². The largest absolute Gasteiger partial charge is 0.396 e. The smallest absolute Gasteiger partial charge is 0.328 e. The van der Waals surface area contributed by atoms with Gasteiger partial charge in [-0.25, -0.2) is 4.79 Å². The lowest BCUT2D eigenvalue weighted by Gasteiger charge is -2.29. The minimum atomic E-state index is -0.380. The molecule has 1 aromatic heterocycles. The van der Waals surface area contributed by atoms with Gasteiger partial charge in [0.15, 0.2) is 0 Å². The fourth-order valence-corrected chi connectivity index (χ4v) is 2.37. The summed E-state index contributed by atoms with van der Waals surface area (Å²) < 4.78 is 1.55. The van der Waals surface area contributed by atoms with Crippen LogP contribution in [0, 0.1) is 18.8 Å². The van der Waals surface area contributed by atoms with Gasteiger partial charge >= 0.3 is 5.69 Å². The molecule has 2 rings (SSSR count). The standard InChI is InChI=1S/C13H18N2O3/c1-8-5-11(4-3-10(8)7-16)15-6-9(2)12(17)14-13(15)18/h3-4,6,8,10-11,16H,5,7H2,1-2H3,(H,14,17,18)/t8-,10?,11+/m0/s1. The number of nitrogens with zero attached hydrogens (tertiary/aromatic N) is 1. The molecule has 0 saturated carbocycles. The Morgan fingerprint density at radius 1 is 1.44 bits per heavy atom. The molecule has 1 heterocycles. The lowest BCUT2D eigenvalue weighted by Crippen LogP contribution is -2.35. The Morgan fingerprint density at radius 2 is 2.17 bits per heavy atom. The highest BCUT2D eigenvalue weighted by Crippen LogP contribution is 2.29. The van der Waals surface area contributed by atoms with Gasteiger partial charge in [-0.05, 0) is 19.3 Å². The van der Waals surface area contributed by atoms with Crippen molar-refractivity contribution in [2.24, 2.45) is 11.8 Å². The number of rotatable bonds is 2. The van der Waals surface area contributed by atoms with E-state index < -0.39 is 0 Å². The highest BCUT2D eigenvalue weighted by molar-refractivity contribution is 5.08. The molecular formula is C13H18N2O3. The maximum atomic E-state index is 11.8. The first kappa shape index (κ1) is 12.8. The third-order valence-corrected chi connectivity index (χ3v) is 3.64. The first-order valence-electron chi connectivity index (χ1n) is 6.14. The molecule has 2 N–H and O–H groups in total. The van der Waals surface area contributed by atoms with Crippen molar-refractivity contribution in [2.45, 2.75) is 26.3 Å². The van der Waals surface area contributed by atoms with Gasteiger partial charge in [0.2, 0.25) is 0 Å². The lowest BCUT2D eigenvalue weighted by atomic mass is 9.83. The Bertz CT molecular complexity index is 570. The Hall–Kier alpha value is -1.62. The van der Waals surface area contributed by atoms with E-state index in [0.717, 1.165) is 6.42 Å². The zero-order chi connectivity index (χ0) is 13.3. The van der Waals surface area contributed by atoms with Crippen LogP contribution in [0.15, 0.2) is 27.9 Å². The SMILES string of the molecule is Cc1cn([C@@H]2C=CC(CO)[C@@H](C)C2)c(=O)[nH]c1=O. The third-order valence-electron chi connectivity index (χ3n) is 3.64. The monoisotopic (exact) mass is 250 g/mol. The van der Waals surface area contributed by atoms with Crippen LogP contribution in [0.4, 0.5) is 0 Å². The molecule has 0 saturated heterocycles. The topological polar surface area (TPSA) is 75.1 Å². The number of allylic oxidation sites excluding steroid dienone is 1. The highest BCUT2D eigenvalue weighted by Gasteiger charge is 2.24. The van der Waals surface area contributed by atoms with Crippen molar-refractivity contribution in [3.05, 3.63) is 44.8 Å². The summed E-state index contributed by atoms with van der Waals surface area (Å²) in [6, 6.07) is -0.0501. The Morgan fingerprint density at radius 3 is 2.78 bits per heavy atom. The number of nitrogens with one attached hydrogen (secondary N) is 1. The van der Waals surface area contributed by atoms with E-state index in [4.69, 9.17) is 0 Å². The summed E-state index contributed by atoms with van der Waals surface area (Å²) in [7, 11) is 0. The number of aryl methyl sites for hydroxylation is 1. The second kappa shape index (κ2) is 4.94. The van der Waals surface area contributed by atoms with Gasteiger partial charge in [0.25, 0.3) is 5.56 Å². The van der Waals surface area contributed by atoms with Gasteiger partial charge in [0, 0.05) is 24.3 Å². The number of aliphatic hydroxyl groups is 1. The molecule has 5 nitrogen and oxygen atoms in total. The molecule has 3 atom stereocenters. The van der Waals surface area contributed by atoms with E-state index >= 15 is 0 Å². The van der Waals surface area contributed by atoms with Crippen molar-refractivity contribution in [3.8, 4) is 0 Å². The van der Waals surface area contributed by atoms with Gasteiger partial charge in [-0.15, -0.1) is 0 Å². The second-order valence-electron chi connectivity index (χ2n) is 4.99. The second-order valence-corrected chi connectivity index (χ2v) is 4.99. The fourth-order valence-electron chi connectivity index (χ4n) is 2.37. The van der Waals surface area contributed by atoms with Gasteiger partial charge < -0.3 is 5.11 Å². The predicted octanol–water partition coefficient (Wildman–Crippen LogP) is 0.591. The van der Waals surface area contributed by atoms with E-state index in [9.17, 15) is 14.7 Å². The van der Waals surface area contributed by atoms with Crippen LogP contribution < -0.4 is 11.2 Å². The Kier molecular flexibility index (Phi) is 3.52. The third kappa shape index (κ3) is 2.31. The van der Waals surface area contributed by atoms with Crippen LogP contribution in [0.1, 0.15) is 24.9 Å². The molecule has 1 aliphatic rings. The number of hydrogen-bond acceptors (Lipinski definition) is 3. The summed E-state index contributed by atoms with van der Waals surface area (Å²) in [6.45, 7) is 3.87. The zero-order valence-electron chi connectivity index (χ0n) is 10.6. The summed E-state index contributed by atoms with van der Waals surface area (Å²) >= 11 is 0. The molecule has 1 aliphatic carbocycles. The molecule has 5 heteroatoms. The molecule has 0 radical (unpaired) electrons. The van der Waals surface area contributed by atoms with Crippen molar-refractivity contribution in [1.29, 1.82) is 0 Å². The lowest BCUT2D eigenvalue weighted by molar-refractivity contribution is 0.193. The number of H-pyrrole nitrogens is 1. The van der Waals surface area contributed by atoms with Crippen LogP contribution in [-0.4, -0.2) is 21.3 Å². The van der Waals surface area contributed by atoms with Gasteiger partial charge in [0.1, 0.15) is 0 Å². The molecule has 1 unspecified atom stereocenters. The summed E-state index contributed by atoms with van der Waals surface area (Å²) in [4.78, 5) is 25.4. The Labute approximate surface area is 105 Å². The molecule has 0 fully saturated rings. The molecule has 0 bridgehead atoms. The molecule has 98 valence electrons. The van der Waals surface area contributed by atoms with Crippen molar-refractivity contribution in [1.82, 2.24) is 9.55 Å². The van der Waals surface area contributed by atoms with Crippen LogP contribution in [0.25, 0.3) is 0 Å². The van der Waals surface area contributed by atoms with Crippen LogP contribution in [0.3, 0.4) is 0 Å². The minimum absolute atomic E-state index is 0.0501. The highest BCUT2D eigenvalue weighted by atomic mass is 16.3. The van der Waals surface area contributed by atoms with Gasteiger partial charge in [-0.1, -0.05) is 19.1 Å². The van der Waals surface area contributed by atoms with E-state index in [0.29, 0.717) is 11.5 Å². The van der Waals surface area contributed by atoms with Crippen molar-refractivity contribution in [2.75, 3.05) is 6.61 Å². The normalized spacial score (nSPS) is 27.4. The zero-order valence-corrected chi connectivity index (χ0v) is 10.6. The maximum absolute atomic E-state index is 11.8. The molecule has 0 aliphatic heterocycles. The first-order chi connectivity index (χ1) is 8.52. The average molecular weight is 250 g/mol. The summed E-state index contributed by atoms with van der Waals surface area (Å²) in [5, 5.41) is 9.19. The van der Waals surface area contributed by atoms with Crippen LogP contribution in [0.5, 0.6) is 0 Å². The van der Waals surface area contributed by atoms with Crippen molar-refractivity contribution >= 4 is 0 Å². The Balaban J connectivity index is 2.37. The molecule has 18 heavy (non-hydrogen) atoms. The number of aromatic nitrogens is 2. The van der Waals surface area contributed by atoms with E-state index in [1.165, 1.54) is 0 Å². The minimum Gasteiger partial charge on any atom is -0.396 e. The van der Waals surface area contributed by atoms with Crippen LogP contribution >= 0.6 is 0 Å². The summed E-state index contributed by atoms with van der Waals surface area (Å²) in [6.07, 6.45) is 6.26. The maximum Gasteiger partial charge on any atom is 0.328 e. The number of aliphatic hydroxyl groups excluding tert-OH is 1. The predicted molar refractivity (Wildman–Crippen MR) is 68.6 cm³/mol. The van der Waals surface area contributed by atoms with E-state index in [1.807, 2.05) is 12.2 Å². The molecule has 0 aromatic carbocycles.